The van der Waals surface area contributed by atoms with E-state index in [1.54, 1.807) is 30.8 Å². The highest BCUT2D eigenvalue weighted by Gasteiger charge is 2.68. The van der Waals surface area contributed by atoms with Crippen LogP contribution in [0.1, 0.15) is 25.1 Å². The molecule has 0 aliphatic carbocycles. The van der Waals surface area contributed by atoms with Crippen molar-refractivity contribution in [3.63, 3.8) is 0 Å². The van der Waals surface area contributed by atoms with E-state index >= 15 is 0 Å². The number of esters is 1. The second-order valence-corrected chi connectivity index (χ2v) is 7.25. The fourth-order valence-corrected chi connectivity index (χ4v) is 4.58. The molecule has 1 N–H and O–H groups in total. The van der Waals surface area contributed by atoms with Crippen LogP contribution in [0.4, 0.5) is 0 Å². The van der Waals surface area contributed by atoms with Gasteiger partial charge in [-0.2, -0.15) is 11.8 Å². The molecule has 2 aliphatic rings. The quantitative estimate of drug-likeness (QED) is 0.598. The predicted octanol–water partition coefficient (Wildman–Crippen LogP) is 1.21. The lowest BCUT2D eigenvalue weighted by Gasteiger charge is -2.32. The maximum atomic E-state index is 13.0. The number of imide groups is 1. The Labute approximate surface area is 150 Å². The predicted molar refractivity (Wildman–Crippen MR) is 91.7 cm³/mol. The fourth-order valence-electron chi connectivity index (χ4n) is 4.05. The van der Waals surface area contributed by atoms with Crippen molar-refractivity contribution in [1.82, 2.24) is 10.2 Å². The standard InChI is InChI=1S/C17H22N2O5S/c1-4-19-14(20)11-12(15(19)21)17(7-9-25-3,16(22)23-2)18-13(11)10-6-5-8-24-10/h5-6,8,11-13,18H,4,7,9H2,1-3H3. The van der Waals surface area contributed by atoms with Gasteiger partial charge in [-0.05, 0) is 37.5 Å². The average molecular weight is 366 g/mol. The van der Waals surface area contributed by atoms with E-state index in [9.17, 15) is 14.4 Å². The summed E-state index contributed by atoms with van der Waals surface area (Å²) in [5, 5.41) is 3.25. The number of furan rings is 1. The molecule has 2 fully saturated rings. The third kappa shape index (κ3) is 2.58. The van der Waals surface area contributed by atoms with Crippen LogP contribution in [-0.2, 0) is 19.1 Å². The van der Waals surface area contributed by atoms with Gasteiger partial charge in [0.15, 0.2) is 0 Å². The van der Waals surface area contributed by atoms with Crippen molar-refractivity contribution in [2.24, 2.45) is 11.8 Å². The molecule has 0 aromatic carbocycles. The minimum atomic E-state index is -1.23. The van der Waals surface area contributed by atoms with E-state index < -0.39 is 29.4 Å². The number of hydrogen-bond acceptors (Lipinski definition) is 7. The van der Waals surface area contributed by atoms with Gasteiger partial charge in [-0.3, -0.25) is 24.6 Å². The first kappa shape index (κ1) is 18.0. The molecule has 3 heterocycles. The number of carbonyl (C=O) groups excluding carboxylic acids is 3. The number of carbonyl (C=O) groups is 3. The molecule has 2 amide bonds. The SMILES string of the molecule is CCN1C(=O)C2C(c3ccco3)NC(CCSC)(C(=O)OC)C2C1=O. The number of methoxy groups -OCH3 is 1. The summed E-state index contributed by atoms with van der Waals surface area (Å²) < 4.78 is 10.5. The van der Waals surface area contributed by atoms with Crippen molar-refractivity contribution in [2.45, 2.75) is 24.9 Å². The summed E-state index contributed by atoms with van der Waals surface area (Å²) in [6.45, 7) is 2.04. The number of ether oxygens (including phenoxy) is 1. The van der Waals surface area contributed by atoms with Gasteiger partial charge in [-0.25, -0.2) is 0 Å². The van der Waals surface area contributed by atoms with Gasteiger partial charge in [0.2, 0.25) is 11.8 Å². The van der Waals surface area contributed by atoms with Crippen LogP contribution in [0, 0.1) is 11.8 Å². The minimum absolute atomic E-state index is 0.263. The zero-order valence-electron chi connectivity index (χ0n) is 14.5. The van der Waals surface area contributed by atoms with Crippen LogP contribution in [0.25, 0.3) is 0 Å². The van der Waals surface area contributed by atoms with E-state index in [1.807, 2.05) is 6.26 Å². The smallest absolute Gasteiger partial charge is 0.326 e. The van der Waals surface area contributed by atoms with Crippen LogP contribution in [0.2, 0.25) is 0 Å². The average Bonchev–Trinajstić information content (AvgIpc) is 3.30. The Morgan fingerprint density at radius 2 is 2.20 bits per heavy atom. The lowest BCUT2D eigenvalue weighted by atomic mass is 9.78. The van der Waals surface area contributed by atoms with Crippen LogP contribution in [-0.4, -0.2) is 53.9 Å². The molecule has 0 spiro atoms. The molecule has 136 valence electrons. The number of fused-ring (bicyclic) bond motifs is 1. The van der Waals surface area contributed by atoms with Gasteiger partial charge in [0.05, 0.1) is 31.3 Å². The molecule has 8 heteroatoms. The van der Waals surface area contributed by atoms with Crippen LogP contribution in [0.5, 0.6) is 0 Å². The van der Waals surface area contributed by atoms with Crippen molar-refractivity contribution in [3.8, 4) is 0 Å². The van der Waals surface area contributed by atoms with Crippen molar-refractivity contribution >= 4 is 29.5 Å². The number of nitrogens with zero attached hydrogens (tertiary/aromatic N) is 1. The Balaban J connectivity index is 2.11. The van der Waals surface area contributed by atoms with Gasteiger partial charge in [-0.1, -0.05) is 0 Å². The molecule has 2 aliphatic heterocycles. The fraction of sp³-hybridized carbons (Fsp3) is 0.588. The molecule has 0 radical (unpaired) electrons. The number of amides is 2. The summed E-state index contributed by atoms with van der Waals surface area (Å²) in [4.78, 5) is 39.8. The summed E-state index contributed by atoms with van der Waals surface area (Å²) in [6, 6.07) is 2.95. The van der Waals surface area contributed by atoms with Gasteiger partial charge in [0.1, 0.15) is 11.3 Å². The summed E-state index contributed by atoms with van der Waals surface area (Å²) in [7, 11) is 1.30. The zero-order chi connectivity index (χ0) is 18.2. The first-order valence-electron chi connectivity index (χ1n) is 8.25. The summed E-state index contributed by atoms with van der Waals surface area (Å²) >= 11 is 1.58. The third-order valence-electron chi connectivity index (χ3n) is 5.16. The lowest BCUT2D eigenvalue weighted by Crippen LogP contribution is -2.56. The molecule has 0 bridgehead atoms. The van der Waals surface area contributed by atoms with E-state index in [1.165, 1.54) is 18.3 Å². The molecule has 1 aromatic rings. The van der Waals surface area contributed by atoms with Gasteiger partial charge in [0.25, 0.3) is 0 Å². The van der Waals surface area contributed by atoms with Crippen LogP contribution >= 0.6 is 11.8 Å². The maximum absolute atomic E-state index is 13.0. The highest BCUT2D eigenvalue weighted by Crippen LogP contribution is 2.50. The van der Waals surface area contributed by atoms with E-state index in [2.05, 4.69) is 5.32 Å². The Hall–Kier alpha value is -1.80. The number of thioether (sulfide) groups is 1. The normalized spacial score (nSPS) is 31.5. The Morgan fingerprint density at radius 3 is 2.76 bits per heavy atom. The van der Waals surface area contributed by atoms with E-state index in [-0.39, 0.29) is 18.4 Å². The Bertz CT molecular complexity index is 677. The Morgan fingerprint density at radius 1 is 1.44 bits per heavy atom. The van der Waals surface area contributed by atoms with E-state index in [4.69, 9.17) is 9.15 Å². The summed E-state index contributed by atoms with van der Waals surface area (Å²) in [6.07, 6.45) is 3.85. The molecule has 0 saturated carbocycles. The van der Waals surface area contributed by atoms with Crippen molar-refractivity contribution in [1.29, 1.82) is 0 Å². The molecule has 4 unspecified atom stereocenters. The molecule has 25 heavy (non-hydrogen) atoms. The molecule has 1 aromatic heterocycles. The van der Waals surface area contributed by atoms with Crippen LogP contribution in [0.15, 0.2) is 22.8 Å². The molecular formula is C17H22N2O5S. The van der Waals surface area contributed by atoms with Gasteiger partial charge in [0, 0.05) is 6.54 Å². The maximum Gasteiger partial charge on any atom is 0.326 e. The van der Waals surface area contributed by atoms with Gasteiger partial charge in [-0.15, -0.1) is 0 Å². The first-order chi connectivity index (χ1) is 12.0. The number of rotatable bonds is 6. The zero-order valence-corrected chi connectivity index (χ0v) is 15.3. The summed E-state index contributed by atoms with van der Waals surface area (Å²) in [5.41, 5.74) is -1.23. The van der Waals surface area contributed by atoms with E-state index in [0.29, 0.717) is 17.9 Å². The topological polar surface area (TPSA) is 88.8 Å². The van der Waals surface area contributed by atoms with E-state index in [0.717, 1.165) is 0 Å². The Kier molecular flexibility index (Phi) is 4.92. The molecule has 4 atom stereocenters. The minimum Gasteiger partial charge on any atom is -0.468 e. The highest BCUT2D eigenvalue weighted by molar-refractivity contribution is 7.98. The van der Waals surface area contributed by atoms with Crippen molar-refractivity contribution < 1.29 is 23.5 Å². The molecular weight excluding hydrogens is 344 g/mol. The van der Waals surface area contributed by atoms with Gasteiger partial charge >= 0.3 is 5.97 Å². The van der Waals surface area contributed by atoms with Crippen LogP contribution < -0.4 is 5.32 Å². The van der Waals surface area contributed by atoms with Gasteiger partial charge < -0.3 is 9.15 Å². The molecule has 3 rings (SSSR count). The monoisotopic (exact) mass is 366 g/mol. The highest BCUT2D eigenvalue weighted by atomic mass is 32.2. The second-order valence-electron chi connectivity index (χ2n) is 6.27. The number of nitrogens with one attached hydrogen (secondary N) is 1. The first-order valence-corrected chi connectivity index (χ1v) is 9.64. The molecule has 7 nitrogen and oxygen atoms in total. The van der Waals surface area contributed by atoms with Crippen molar-refractivity contribution in [2.75, 3.05) is 25.7 Å². The van der Waals surface area contributed by atoms with Crippen molar-refractivity contribution in [3.05, 3.63) is 24.2 Å². The third-order valence-corrected chi connectivity index (χ3v) is 5.77. The summed E-state index contributed by atoms with van der Waals surface area (Å²) in [5.74, 6) is -1.33. The number of hydrogen-bond donors (Lipinski definition) is 1. The van der Waals surface area contributed by atoms with Crippen LogP contribution in [0.3, 0.4) is 0 Å². The largest absolute Gasteiger partial charge is 0.468 e. The molecule has 2 saturated heterocycles. The second kappa shape index (κ2) is 6.84. The number of likely N-dealkylation sites (tertiary alicyclic amines) is 1. The lowest BCUT2D eigenvalue weighted by molar-refractivity contribution is -0.154.